The van der Waals surface area contributed by atoms with Crippen molar-refractivity contribution >= 4 is 21.8 Å². The van der Waals surface area contributed by atoms with E-state index in [2.05, 4.69) is 4.72 Å². The van der Waals surface area contributed by atoms with Crippen LogP contribution in [0.2, 0.25) is 0 Å². The van der Waals surface area contributed by atoms with E-state index in [1.165, 1.54) is 12.8 Å². The summed E-state index contributed by atoms with van der Waals surface area (Å²) in [5.74, 6) is 1.12. The normalized spacial score (nSPS) is 19.8. The van der Waals surface area contributed by atoms with Crippen molar-refractivity contribution in [3.05, 3.63) is 18.0 Å². The van der Waals surface area contributed by atoms with Crippen LogP contribution in [0.1, 0.15) is 38.3 Å². The summed E-state index contributed by atoms with van der Waals surface area (Å²) < 4.78 is 29.2. The number of thioether (sulfide) groups is 1. The molecule has 0 amide bonds. The molecule has 0 saturated carbocycles. The Morgan fingerprint density at radius 2 is 2.29 bits per heavy atom. The molecule has 1 atom stereocenters. The quantitative estimate of drug-likeness (QED) is 0.801. The van der Waals surface area contributed by atoms with Gasteiger partial charge in [0.2, 0.25) is 10.0 Å². The van der Waals surface area contributed by atoms with Gasteiger partial charge in [0.1, 0.15) is 0 Å². The molecule has 2 N–H and O–H groups in total. The van der Waals surface area contributed by atoms with Gasteiger partial charge in [-0.1, -0.05) is 13.3 Å². The van der Waals surface area contributed by atoms with Crippen LogP contribution in [-0.4, -0.2) is 35.6 Å². The molecule has 1 unspecified atom stereocenters. The van der Waals surface area contributed by atoms with Crippen LogP contribution in [0.5, 0.6) is 0 Å². The lowest BCUT2D eigenvalue weighted by Crippen LogP contribution is -2.31. The second-order valence-corrected chi connectivity index (χ2v) is 8.53. The third kappa shape index (κ3) is 4.48. The predicted molar refractivity (Wildman–Crippen MR) is 85.9 cm³/mol. The summed E-state index contributed by atoms with van der Waals surface area (Å²) in [4.78, 5) is 0.251. The number of aliphatic hydroxyl groups is 1. The molecule has 5 nitrogen and oxygen atoms in total. The van der Waals surface area contributed by atoms with E-state index >= 15 is 0 Å². The molecule has 7 heteroatoms. The lowest BCUT2D eigenvalue weighted by atomic mass is 10.2. The Morgan fingerprint density at radius 1 is 1.48 bits per heavy atom. The Kier molecular flexibility index (Phi) is 6.16. The Bertz CT molecular complexity index is 549. The number of sulfonamides is 1. The van der Waals surface area contributed by atoms with Gasteiger partial charge in [-0.3, -0.25) is 0 Å². The summed E-state index contributed by atoms with van der Waals surface area (Å²) in [6, 6.07) is 1.56. The lowest BCUT2D eigenvalue weighted by molar-refractivity contribution is 0.270. The van der Waals surface area contributed by atoms with Gasteiger partial charge in [0.15, 0.2) is 0 Å². The van der Waals surface area contributed by atoms with Gasteiger partial charge < -0.3 is 9.67 Å². The van der Waals surface area contributed by atoms with Crippen molar-refractivity contribution in [1.29, 1.82) is 0 Å². The summed E-state index contributed by atoms with van der Waals surface area (Å²) in [5, 5.41) is 9.70. The minimum absolute atomic E-state index is 0.145. The molecule has 1 aliphatic rings. The van der Waals surface area contributed by atoms with E-state index < -0.39 is 10.0 Å². The standard InChI is InChI=1S/C14H24N2O3S2/c1-2-6-16-10-14(8-12(16)11-17)21(18,19)15-9-13-5-3-4-7-20-13/h8,10,13,15,17H,2-7,9,11H2,1H3. The topological polar surface area (TPSA) is 71.3 Å². The molecule has 0 radical (unpaired) electrons. The van der Waals surface area contributed by atoms with Crippen LogP contribution in [0.15, 0.2) is 17.2 Å². The Morgan fingerprint density at radius 3 is 2.90 bits per heavy atom. The first-order chi connectivity index (χ1) is 10.1. The summed E-state index contributed by atoms with van der Waals surface area (Å²) in [6.07, 6.45) is 6.00. The molecule has 21 heavy (non-hydrogen) atoms. The van der Waals surface area contributed by atoms with Crippen molar-refractivity contribution in [2.75, 3.05) is 12.3 Å². The van der Waals surface area contributed by atoms with Crippen LogP contribution in [0.3, 0.4) is 0 Å². The molecule has 0 bridgehead atoms. The first-order valence-corrected chi connectivity index (χ1v) is 10.0. The van der Waals surface area contributed by atoms with Crippen LogP contribution >= 0.6 is 11.8 Å². The third-order valence-corrected chi connectivity index (χ3v) is 6.46. The Balaban J connectivity index is 2.04. The molecule has 1 aliphatic heterocycles. The van der Waals surface area contributed by atoms with E-state index in [1.54, 1.807) is 12.3 Å². The van der Waals surface area contributed by atoms with Crippen molar-refractivity contribution in [3.8, 4) is 0 Å². The molecule has 2 rings (SSSR count). The van der Waals surface area contributed by atoms with Gasteiger partial charge in [-0.05, 0) is 31.1 Å². The maximum absolute atomic E-state index is 12.3. The average molecular weight is 332 g/mol. The zero-order chi connectivity index (χ0) is 15.3. The third-order valence-electron chi connectivity index (χ3n) is 3.67. The molecule has 1 aromatic heterocycles. The van der Waals surface area contributed by atoms with Gasteiger partial charge in [0.05, 0.1) is 11.5 Å². The zero-order valence-corrected chi connectivity index (χ0v) is 14.0. The molecule has 1 saturated heterocycles. The number of hydrogen-bond acceptors (Lipinski definition) is 4. The number of aromatic nitrogens is 1. The van der Waals surface area contributed by atoms with Crippen molar-refractivity contribution < 1.29 is 13.5 Å². The fourth-order valence-electron chi connectivity index (χ4n) is 2.51. The van der Waals surface area contributed by atoms with E-state index in [-0.39, 0.29) is 11.5 Å². The van der Waals surface area contributed by atoms with Crippen molar-refractivity contribution in [2.24, 2.45) is 0 Å². The van der Waals surface area contributed by atoms with Crippen LogP contribution in [0.4, 0.5) is 0 Å². The van der Waals surface area contributed by atoms with Crippen LogP contribution in [0, 0.1) is 0 Å². The average Bonchev–Trinajstić information content (AvgIpc) is 2.91. The van der Waals surface area contributed by atoms with Crippen molar-refractivity contribution in [2.45, 2.75) is 55.9 Å². The van der Waals surface area contributed by atoms with Gasteiger partial charge >= 0.3 is 0 Å². The van der Waals surface area contributed by atoms with Gasteiger partial charge in [-0.2, -0.15) is 11.8 Å². The van der Waals surface area contributed by atoms with E-state index in [4.69, 9.17) is 0 Å². The molecule has 2 heterocycles. The number of nitrogens with one attached hydrogen (secondary N) is 1. The highest BCUT2D eigenvalue weighted by Gasteiger charge is 2.21. The molecular formula is C14H24N2O3S2. The van der Waals surface area contributed by atoms with Crippen molar-refractivity contribution in [1.82, 2.24) is 9.29 Å². The Labute approximate surface area is 131 Å². The smallest absolute Gasteiger partial charge is 0.242 e. The highest BCUT2D eigenvalue weighted by atomic mass is 32.2. The number of hydrogen-bond donors (Lipinski definition) is 2. The fraction of sp³-hybridized carbons (Fsp3) is 0.714. The fourth-order valence-corrected chi connectivity index (χ4v) is 5.00. The second kappa shape index (κ2) is 7.67. The number of aliphatic hydroxyl groups excluding tert-OH is 1. The summed E-state index contributed by atoms with van der Waals surface area (Å²) in [7, 11) is -3.49. The van der Waals surface area contributed by atoms with E-state index in [0.717, 1.165) is 18.6 Å². The highest BCUT2D eigenvalue weighted by Crippen LogP contribution is 2.25. The minimum Gasteiger partial charge on any atom is -0.390 e. The maximum atomic E-state index is 12.3. The predicted octanol–water partition coefficient (Wildman–Crippen LogP) is 1.95. The summed E-state index contributed by atoms with van der Waals surface area (Å²) in [6.45, 7) is 3.08. The molecule has 120 valence electrons. The van der Waals surface area contributed by atoms with Gasteiger partial charge in [0, 0.05) is 30.2 Å². The van der Waals surface area contributed by atoms with Gasteiger partial charge in [-0.25, -0.2) is 13.1 Å². The zero-order valence-electron chi connectivity index (χ0n) is 12.4. The Hall–Kier alpha value is -0.500. The van der Waals surface area contributed by atoms with Gasteiger partial charge in [0.25, 0.3) is 0 Å². The minimum atomic E-state index is -3.49. The van der Waals surface area contributed by atoms with E-state index in [0.29, 0.717) is 24.0 Å². The first kappa shape index (κ1) is 16.9. The number of nitrogens with zero attached hydrogens (tertiary/aromatic N) is 1. The SMILES string of the molecule is CCCn1cc(S(=O)(=O)NCC2CCCCS2)cc1CO. The van der Waals surface area contributed by atoms with E-state index in [1.807, 2.05) is 23.3 Å². The number of aryl methyl sites for hydroxylation is 1. The maximum Gasteiger partial charge on any atom is 0.242 e. The molecule has 0 aromatic carbocycles. The van der Waals surface area contributed by atoms with Crippen LogP contribution < -0.4 is 4.72 Å². The van der Waals surface area contributed by atoms with Crippen molar-refractivity contribution in [3.63, 3.8) is 0 Å². The van der Waals surface area contributed by atoms with Crippen LogP contribution in [-0.2, 0) is 23.2 Å². The van der Waals surface area contributed by atoms with E-state index in [9.17, 15) is 13.5 Å². The number of rotatable bonds is 7. The largest absolute Gasteiger partial charge is 0.390 e. The first-order valence-electron chi connectivity index (χ1n) is 7.48. The molecule has 0 aliphatic carbocycles. The van der Waals surface area contributed by atoms with Crippen LogP contribution in [0.25, 0.3) is 0 Å². The monoisotopic (exact) mass is 332 g/mol. The summed E-state index contributed by atoms with van der Waals surface area (Å²) in [5.41, 5.74) is 0.643. The molecule has 1 aromatic rings. The summed E-state index contributed by atoms with van der Waals surface area (Å²) >= 11 is 1.85. The molecule has 1 fully saturated rings. The molecular weight excluding hydrogens is 308 g/mol. The highest BCUT2D eigenvalue weighted by molar-refractivity contribution is 8.00. The van der Waals surface area contributed by atoms with Gasteiger partial charge in [-0.15, -0.1) is 0 Å². The second-order valence-electron chi connectivity index (χ2n) is 5.36. The molecule has 0 spiro atoms. The lowest BCUT2D eigenvalue weighted by Gasteiger charge is -2.21.